The first kappa shape index (κ1) is 16.3. The summed E-state index contributed by atoms with van der Waals surface area (Å²) in [4.78, 5) is 11.8. The summed E-state index contributed by atoms with van der Waals surface area (Å²) in [6.07, 6.45) is -4.60. The van der Waals surface area contributed by atoms with E-state index in [9.17, 15) is 18.0 Å². The predicted octanol–water partition coefficient (Wildman–Crippen LogP) is 2.50. The van der Waals surface area contributed by atoms with Crippen molar-refractivity contribution in [3.05, 3.63) is 22.8 Å². The summed E-state index contributed by atoms with van der Waals surface area (Å²) in [6, 6.07) is 3.48. The Morgan fingerprint density at radius 2 is 2.27 bits per heavy atom. The number of amides is 1. The molecule has 0 aliphatic heterocycles. The minimum absolute atomic E-state index is 0.0193. The van der Waals surface area contributed by atoms with Crippen molar-refractivity contribution in [3.63, 3.8) is 0 Å². The number of hydrogen-bond donors (Lipinski definition) is 1. The molecular formula is C11H8F3N5OS2. The normalized spacial score (nSPS) is 11.2. The number of hydrogen-bond acceptors (Lipinski definition) is 6. The van der Waals surface area contributed by atoms with Crippen molar-refractivity contribution in [2.24, 2.45) is 7.05 Å². The third-order valence-electron chi connectivity index (χ3n) is 2.46. The van der Waals surface area contributed by atoms with Crippen molar-refractivity contribution >= 4 is 34.0 Å². The number of thioether (sulfide) groups is 1. The molecule has 0 unspecified atom stereocenters. The second kappa shape index (κ2) is 6.37. The monoisotopic (exact) mass is 347 g/mol. The number of alkyl halides is 3. The van der Waals surface area contributed by atoms with Gasteiger partial charge in [0.15, 0.2) is 5.16 Å². The third kappa shape index (κ3) is 3.58. The number of thiophene rings is 1. The van der Waals surface area contributed by atoms with Crippen LogP contribution in [0.2, 0.25) is 0 Å². The number of carbonyl (C=O) groups excluding carboxylic acids is 1. The maximum Gasteiger partial charge on any atom is 0.451 e. The van der Waals surface area contributed by atoms with Crippen molar-refractivity contribution in [1.82, 2.24) is 14.8 Å². The van der Waals surface area contributed by atoms with Crippen LogP contribution in [-0.4, -0.2) is 26.4 Å². The average molecular weight is 347 g/mol. The molecule has 0 radical (unpaired) electrons. The Labute approximate surface area is 131 Å². The van der Waals surface area contributed by atoms with Gasteiger partial charge in [0.25, 0.3) is 0 Å². The zero-order chi connectivity index (χ0) is 16.3. The fraction of sp³-hybridized carbons (Fsp3) is 0.273. The van der Waals surface area contributed by atoms with Gasteiger partial charge in [0.05, 0.1) is 11.3 Å². The molecule has 11 heteroatoms. The summed E-state index contributed by atoms with van der Waals surface area (Å²) in [5.41, 5.74) is 0.335. The molecule has 0 atom stereocenters. The molecule has 22 heavy (non-hydrogen) atoms. The Morgan fingerprint density at radius 1 is 1.55 bits per heavy atom. The van der Waals surface area contributed by atoms with Gasteiger partial charge in [0, 0.05) is 7.05 Å². The van der Waals surface area contributed by atoms with Crippen LogP contribution < -0.4 is 5.32 Å². The van der Waals surface area contributed by atoms with Crippen LogP contribution in [0.15, 0.2) is 16.6 Å². The van der Waals surface area contributed by atoms with Crippen molar-refractivity contribution in [2.75, 3.05) is 11.1 Å². The van der Waals surface area contributed by atoms with Crippen LogP contribution in [0, 0.1) is 11.3 Å². The van der Waals surface area contributed by atoms with Crippen LogP contribution in [0.4, 0.5) is 18.2 Å². The number of halogens is 3. The lowest BCUT2D eigenvalue weighted by Gasteiger charge is -2.06. The maximum atomic E-state index is 12.6. The van der Waals surface area contributed by atoms with Crippen LogP contribution >= 0.6 is 23.1 Å². The molecular weight excluding hydrogens is 339 g/mol. The zero-order valence-corrected chi connectivity index (χ0v) is 12.6. The lowest BCUT2D eigenvalue weighted by Crippen LogP contribution is -2.15. The summed E-state index contributed by atoms with van der Waals surface area (Å²) in [6.45, 7) is 0. The molecule has 0 fully saturated rings. The maximum absolute atomic E-state index is 12.6. The minimum atomic E-state index is -4.60. The average Bonchev–Trinajstić information content (AvgIpc) is 3.02. The highest BCUT2D eigenvalue weighted by Gasteiger charge is 2.37. The standard InChI is InChI=1S/C11H8F3N5OS2/c1-19-9(11(12,13)14)17-18-10(19)22-5-7(20)16-8-6(4-15)2-3-21-8/h2-3H,5H2,1H3,(H,16,20). The first-order valence-electron chi connectivity index (χ1n) is 5.69. The number of rotatable bonds is 4. The SMILES string of the molecule is Cn1c(SCC(=O)Nc2sccc2C#N)nnc1C(F)(F)F. The number of nitrogens with one attached hydrogen (secondary N) is 1. The van der Waals surface area contributed by atoms with Gasteiger partial charge in [-0.2, -0.15) is 18.4 Å². The highest BCUT2D eigenvalue weighted by Crippen LogP contribution is 2.29. The molecule has 0 bridgehead atoms. The molecule has 2 heterocycles. The van der Waals surface area contributed by atoms with E-state index in [-0.39, 0.29) is 10.9 Å². The smallest absolute Gasteiger partial charge is 0.316 e. The molecule has 0 aromatic carbocycles. The summed E-state index contributed by atoms with van der Waals surface area (Å²) in [7, 11) is 1.18. The highest BCUT2D eigenvalue weighted by atomic mass is 32.2. The molecule has 2 aromatic rings. The number of nitriles is 1. The molecule has 1 amide bonds. The molecule has 2 aromatic heterocycles. The van der Waals surface area contributed by atoms with E-state index >= 15 is 0 Å². The van der Waals surface area contributed by atoms with E-state index in [1.54, 1.807) is 11.4 Å². The molecule has 2 rings (SSSR count). The van der Waals surface area contributed by atoms with Crippen LogP contribution in [0.5, 0.6) is 0 Å². The molecule has 0 aliphatic carbocycles. The molecule has 6 nitrogen and oxygen atoms in total. The van der Waals surface area contributed by atoms with E-state index in [0.717, 1.165) is 16.3 Å². The van der Waals surface area contributed by atoms with E-state index < -0.39 is 17.9 Å². The molecule has 116 valence electrons. The van der Waals surface area contributed by atoms with Gasteiger partial charge in [0.1, 0.15) is 11.1 Å². The molecule has 0 spiro atoms. The molecule has 1 N–H and O–H groups in total. The second-order valence-electron chi connectivity index (χ2n) is 3.98. The van der Waals surface area contributed by atoms with Crippen LogP contribution in [0.25, 0.3) is 0 Å². The minimum Gasteiger partial charge on any atom is -0.316 e. The summed E-state index contributed by atoms with van der Waals surface area (Å²) in [5, 5.41) is 19.9. The van der Waals surface area contributed by atoms with Crippen molar-refractivity contribution in [1.29, 1.82) is 5.26 Å². The number of aromatic nitrogens is 3. The van der Waals surface area contributed by atoms with Gasteiger partial charge < -0.3 is 9.88 Å². The first-order chi connectivity index (χ1) is 10.3. The lowest BCUT2D eigenvalue weighted by atomic mass is 10.3. The Hall–Kier alpha value is -2.06. The topological polar surface area (TPSA) is 83.6 Å². The molecule has 0 saturated heterocycles. The predicted molar refractivity (Wildman–Crippen MR) is 74.4 cm³/mol. The zero-order valence-electron chi connectivity index (χ0n) is 11.0. The van der Waals surface area contributed by atoms with Gasteiger partial charge in [0.2, 0.25) is 11.7 Å². The highest BCUT2D eigenvalue weighted by molar-refractivity contribution is 7.99. The fourth-order valence-corrected chi connectivity index (χ4v) is 2.94. The quantitative estimate of drug-likeness (QED) is 0.859. The molecule has 0 saturated carbocycles. The van der Waals surface area contributed by atoms with Gasteiger partial charge in [-0.1, -0.05) is 11.8 Å². The van der Waals surface area contributed by atoms with Gasteiger partial charge in [-0.15, -0.1) is 21.5 Å². The van der Waals surface area contributed by atoms with E-state index in [1.165, 1.54) is 18.4 Å². The first-order valence-corrected chi connectivity index (χ1v) is 7.56. The summed E-state index contributed by atoms with van der Waals surface area (Å²) in [5.74, 6) is -1.71. The van der Waals surface area contributed by atoms with E-state index in [4.69, 9.17) is 5.26 Å². The van der Waals surface area contributed by atoms with Crippen molar-refractivity contribution in [3.8, 4) is 6.07 Å². The lowest BCUT2D eigenvalue weighted by molar-refractivity contribution is -0.147. The third-order valence-corrected chi connectivity index (χ3v) is 4.31. The van der Waals surface area contributed by atoms with Gasteiger partial charge in [-0.05, 0) is 11.4 Å². The van der Waals surface area contributed by atoms with Gasteiger partial charge in [-0.25, -0.2) is 0 Å². The fourth-order valence-electron chi connectivity index (χ4n) is 1.47. The van der Waals surface area contributed by atoms with Crippen LogP contribution in [-0.2, 0) is 18.0 Å². The van der Waals surface area contributed by atoms with Gasteiger partial charge >= 0.3 is 6.18 Å². The Bertz CT molecular complexity index is 731. The number of anilines is 1. The van der Waals surface area contributed by atoms with E-state index in [0.29, 0.717) is 10.6 Å². The summed E-state index contributed by atoms with van der Waals surface area (Å²) >= 11 is 2.02. The molecule has 0 aliphatic rings. The second-order valence-corrected chi connectivity index (χ2v) is 5.83. The van der Waals surface area contributed by atoms with Crippen molar-refractivity contribution < 1.29 is 18.0 Å². The van der Waals surface area contributed by atoms with Crippen molar-refractivity contribution in [2.45, 2.75) is 11.3 Å². The Balaban J connectivity index is 1.98. The summed E-state index contributed by atoms with van der Waals surface area (Å²) < 4.78 is 38.4. The Morgan fingerprint density at radius 3 is 2.86 bits per heavy atom. The van der Waals surface area contributed by atoms with E-state index in [1.807, 2.05) is 6.07 Å². The number of carbonyl (C=O) groups is 1. The van der Waals surface area contributed by atoms with E-state index in [2.05, 4.69) is 15.5 Å². The largest absolute Gasteiger partial charge is 0.451 e. The van der Waals surface area contributed by atoms with Crippen LogP contribution in [0.1, 0.15) is 11.4 Å². The number of nitrogens with zero attached hydrogens (tertiary/aromatic N) is 4. The van der Waals surface area contributed by atoms with Gasteiger partial charge in [-0.3, -0.25) is 4.79 Å². The Kier molecular flexibility index (Phi) is 4.72. The van der Waals surface area contributed by atoms with Crippen LogP contribution in [0.3, 0.4) is 0 Å².